The molecule has 1 saturated heterocycles. The molecule has 5 heteroatoms. The quantitative estimate of drug-likeness (QED) is 0.841. The predicted molar refractivity (Wildman–Crippen MR) is 98.1 cm³/mol. The maximum absolute atomic E-state index is 12.4. The molecule has 1 amide bonds. The molecular weight excluding hydrogens is 314 g/mol. The van der Waals surface area contributed by atoms with Crippen LogP contribution in [0.4, 0.5) is 0 Å². The topological polar surface area (TPSA) is 58.4 Å². The average molecular weight is 341 g/mol. The molecule has 1 N–H and O–H groups in total. The number of carbonyl (C=O) groups is 1. The Hall–Kier alpha value is -2.14. The number of hydrogen-bond donors (Lipinski definition) is 1. The summed E-state index contributed by atoms with van der Waals surface area (Å²) in [5.41, 5.74) is 1.03. The molecule has 3 rings (SSSR count). The smallest absolute Gasteiger partial charge is 0.222 e. The van der Waals surface area contributed by atoms with Crippen LogP contribution in [0, 0.1) is 5.92 Å². The summed E-state index contributed by atoms with van der Waals surface area (Å²) in [5.74, 6) is 2.34. The third kappa shape index (κ3) is 4.92. The Morgan fingerprint density at radius 3 is 3.00 bits per heavy atom. The first-order chi connectivity index (χ1) is 12.3. The minimum atomic E-state index is 0.260. The van der Waals surface area contributed by atoms with Crippen LogP contribution in [0.2, 0.25) is 0 Å². The van der Waals surface area contributed by atoms with Crippen molar-refractivity contribution in [2.75, 3.05) is 26.7 Å². The minimum Gasteiger partial charge on any atom is -0.441 e. The second kappa shape index (κ2) is 8.81. The Labute approximate surface area is 149 Å². The lowest BCUT2D eigenvalue weighted by atomic mass is 9.97. The largest absolute Gasteiger partial charge is 0.441 e. The fraction of sp³-hybridized carbons (Fsp3) is 0.500. The van der Waals surface area contributed by atoms with Gasteiger partial charge in [-0.25, -0.2) is 4.98 Å². The molecule has 1 aromatic carbocycles. The van der Waals surface area contributed by atoms with Gasteiger partial charge in [-0.05, 0) is 38.8 Å². The van der Waals surface area contributed by atoms with Crippen LogP contribution in [0.15, 0.2) is 40.9 Å². The van der Waals surface area contributed by atoms with Crippen LogP contribution >= 0.6 is 0 Å². The van der Waals surface area contributed by atoms with E-state index in [4.69, 9.17) is 4.42 Å². The molecule has 0 saturated carbocycles. The Morgan fingerprint density at radius 2 is 2.20 bits per heavy atom. The Morgan fingerprint density at radius 1 is 1.36 bits per heavy atom. The van der Waals surface area contributed by atoms with Gasteiger partial charge in [0.2, 0.25) is 5.91 Å². The number of likely N-dealkylation sites (tertiary alicyclic amines) is 1. The van der Waals surface area contributed by atoms with Gasteiger partial charge in [-0.15, -0.1) is 0 Å². The standard InChI is InChI=1S/C20H27N3O2/c1-21-13-16-7-6-12-23(15-16)20(24)11-5-10-19-22-14-18(25-19)17-8-3-2-4-9-17/h2-4,8-9,14,16,21H,5-7,10-13,15H2,1H3. The summed E-state index contributed by atoms with van der Waals surface area (Å²) in [6.45, 7) is 2.77. The summed E-state index contributed by atoms with van der Waals surface area (Å²) in [4.78, 5) is 18.8. The molecule has 1 fully saturated rings. The van der Waals surface area contributed by atoms with E-state index in [0.29, 0.717) is 24.7 Å². The summed E-state index contributed by atoms with van der Waals surface area (Å²) < 4.78 is 5.80. The Balaban J connectivity index is 1.45. The molecule has 2 heterocycles. The number of carbonyl (C=O) groups excluding carboxylic acids is 1. The van der Waals surface area contributed by atoms with Crippen molar-refractivity contribution in [3.8, 4) is 11.3 Å². The van der Waals surface area contributed by atoms with Gasteiger partial charge in [0.05, 0.1) is 6.20 Å². The normalized spacial score (nSPS) is 17.6. The maximum Gasteiger partial charge on any atom is 0.222 e. The van der Waals surface area contributed by atoms with Gasteiger partial charge in [-0.2, -0.15) is 0 Å². The highest BCUT2D eigenvalue weighted by molar-refractivity contribution is 5.76. The van der Waals surface area contributed by atoms with E-state index in [9.17, 15) is 4.79 Å². The molecule has 1 aromatic heterocycles. The van der Waals surface area contributed by atoms with E-state index in [2.05, 4.69) is 10.3 Å². The van der Waals surface area contributed by atoms with Gasteiger partial charge in [-0.3, -0.25) is 4.79 Å². The van der Waals surface area contributed by atoms with E-state index in [1.54, 1.807) is 6.20 Å². The zero-order valence-corrected chi connectivity index (χ0v) is 14.9. The molecule has 5 nitrogen and oxygen atoms in total. The van der Waals surface area contributed by atoms with Crippen molar-refractivity contribution in [1.82, 2.24) is 15.2 Å². The van der Waals surface area contributed by atoms with Gasteiger partial charge in [0.25, 0.3) is 0 Å². The first kappa shape index (κ1) is 17.7. The van der Waals surface area contributed by atoms with Crippen molar-refractivity contribution >= 4 is 5.91 Å². The van der Waals surface area contributed by atoms with Crippen LogP contribution in [-0.4, -0.2) is 42.5 Å². The number of amides is 1. The fourth-order valence-corrected chi connectivity index (χ4v) is 3.46. The van der Waals surface area contributed by atoms with E-state index < -0.39 is 0 Å². The number of aryl methyl sites for hydroxylation is 1. The van der Waals surface area contributed by atoms with Crippen molar-refractivity contribution in [1.29, 1.82) is 0 Å². The highest BCUT2D eigenvalue weighted by Gasteiger charge is 2.22. The van der Waals surface area contributed by atoms with Gasteiger partial charge in [0, 0.05) is 31.5 Å². The summed E-state index contributed by atoms with van der Waals surface area (Å²) in [6, 6.07) is 9.96. The van der Waals surface area contributed by atoms with Crippen LogP contribution in [0.1, 0.15) is 31.6 Å². The number of nitrogens with one attached hydrogen (secondary N) is 1. The van der Waals surface area contributed by atoms with Gasteiger partial charge in [-0.1, -0.05) is 30.3 Å². The molecule has 0 spiro atoms. The van der Waals surface area contributed by atoms with Gasteiger partial charge < -0.3 is 14.6 Å². The molecule has 0 aliphatic carbocycles. The van der Waals surface area contributed by atoms with Crippen molar-refractivity contribution in [2.24, 2.45) is 5.92 Å². The average Bonchev–Trinajstić information content (AvgIpc) is 3.12. The lowest BCUT2D eigenvalue weighted by molar-refractivity contribution is -0.133. The number of benzene rings is 1. The van der Waals surface area contributed by atoms with Crippen molar-refractivity contribution < 1.29 is 9.21 Å². The Kier molecular flexibility index (Phi) is 6.23. The molecule has 25 heavy (non-hydrogen) atoms. The molecular formula is C20H27N3O2. The third-order valence-electron chi connectivity index (χ3n) is 4.76. The monoisotopic (exact) mass is 341 g/mol. The number of hydrogen-bond acceptors (Lipinski definition) is 4. The van der Waals surface area contributed by atoms with Gasteiger partial charge >= 0.3 is 0 Å². The van der Waals surface area contributed by atoms with E-state index in [1.807, 2.05) is 42.3 Å². The van der Waals surface area contributed by atoms with Gasteiger partial charge in [0.15, 0.2) is 11.7 Å². The predicted octanol–water partition coefficient (Wildman–Crippen LogP) is 3.12. The number of piperidine rings is 1. The Bertz CT molecular complexity index is 667. The summed E-state index contributed by atoms with van der Waals surface area (Å²) in [5, 5.41) is 3.22. The lowest BCUT2D eigenvalue weighted by Gasteiger charge is -2.32. The molecule has 1 unspecified atom stereocenters. The van der Waals surface area contributed by atoms with Crippen LogP contribution in [-0.2, 0) is 11.2 Å². The highest BCUT2D eigenvalue weighted by Crippen LogP contribution is 2.21. The molecule has 0 bridgehead atoms. The highest BCUT2D eigenvalue weighted by atomic mass is 16.4. The fourth-order valence-electron chi connectivity index (χ4n) is 3.46. The molecule has 1 atom stereocenters. The molecule has 0 radical (unpaired) electrons. The number of rotatable bonds is 7. The summed E-state index contributed by atoms with van der Waals surface area (Å²) in [6.07, 6.45) is 6.13. The summed E-state index contributed by atoms with van der Waals surface area (Å²) in [7, 11) is 1.97. The number of oxazole rings is 1. The van der Waals surface area contributed by atoms with Crippen molar-refractivity contribution in [3.05, 3.63) is 42.4 Å². The van der Waals surface area contributed by atoms with Crippen LogP contribution < -0.4 is 5.32 Å². The molecule has 1 aliphatic rings. The molecule has 1 aliphatic heterocycles. The summed E-state index contributed by atoms with van der Waals surface area (Å²) >= 11 is 0. The second-order valence-electron chi connectivity index (χ2n) is 6.74. The van der Waals surface area contributed by atoms with E-state index in [-0.39, 0.29) is 5.91 Å². The molecule has 134 valence electrons. The maximum atomic E-state index is 12.4. The van der Waals surface area contributed by atoms with E-state index in [1.165, 1.54) is 6.42 Å². The lowest BCUT2D eigenvalue weighted by Crippen LogP contribution is -2.42. The third-order valence-corrected chi connectivity index (χ3v) is 4.76. The van der Waals surface area contributed by atoms with Crippen LogP contribution in [0.25, 0.3) is 11.3 Å². The first-order valence-electron chi connectivity index (χ1n) is 9.19. The minimum absolute atomic E-state index is 0.260. The van der Waals surface area contributed by atoms with Crippen LogP contribution in [0.3, 0.4) is 0 Å². The van der Waals surface area contributed by atoms with Crippen molar-refractivity contribution in [2.45, 2.75) is 32.1 Å². The SMILES string of the molecule is CNCC1CCCN(C(=O)CCCc2ncc(-c3ccccc3)o2)C1. The first-order valence-corrected chi connectivity index (χ1v) is 9.19. The number of nitrogens with zero attached hydrogens (tertiary/aromatic N) is 2. The van der Waals surface area contributed by atoms with E-state index >= 15 is 0 Å². The van der Waals surface area contributed by atoms with Crippen molar-refractivity contribution in [3.63, 3.8) is 0 Å². The molecule has 2 aromatic rings. The van der Waals surface area contributed by atoms with E-state index in [0.717, 1.165) is 43.8 Å². The van der Waals surface area contributed by atoms with Crippen LogP contribution in [0.5, 0.6) is 0 Å². The second-order valence-corrected chi connectivity index (χ2v) is 6.74. The van der Waals surface area contributed by atoms with Gasteiger partial charge in [0.1, 0.15) is 0 Å². The zero-order chi connectivity index (χ0) is 17.5. The zero-order valence-electron chi connectivity index (χ0n) is 14.9. The number of aromatic nitrogens is 1.